The van der Waals surface area contributed by atoms with E-state index in [9.17, 15) is 14.3 Å². The van der Waals surface area contributed by atoms with Gasteiger partial charge in [0.15, 0.2) is 6.10 Å². The first-order valence-corrected chi connectivity index (χ1v) is 5.42. The highest BCUT2D eigenvalue weighted by Crippen LogP contribution is 2.28. The Balaban J connectivity index is 2.57. The van der Waals surface area contributed by atoms with Gasteiger partial charge in [-0.3, -0.25) is 4.79 Å². The zero-order valence-electron chi connectivity index (χ0n) is 9.51. The van der Waals surface area contributed by atoms with Crippen LogP contribution in [0.2, 0.25) is 0 Å². The molecule has 0 heterocycles. The molecule has 2 aromatic rings. The number of benzene rings is 2. The second-order valence-corrected chi connectivity index (χ2v) is 3.90. The monoisotopic (exact) mass is 245 g/mol. The van der Waals surface area contributed by atoms with Crippen LogP contribution in [-0.2, 0) is 4.79 Å². The van der Waals surface area contributed by atoms with Gasteiger partial charge in [0.2, 0.25) is 0 Å². The molecule has 0 saturated heterocycles. The number of primary amides is 1. The van der Waals surface area contributed by atoms with E-state index in [1.54, 1.807) is 0 Å². The molecular weight excluding hydrogens is 233 g/mol. The second-order valence-electron chi connectivity index (χ2n) is 3.90. The van der Waals surface area contributed by atoms with Crippen LogP contribution >= 0.6 is 0 Å². The van der Waals surface area contributed by atoms with Crippen LogP contribution in [0, 0.1) is 5.82 Å². The van der Waals surface area contributed by atoms with E-state index in [0.717, 1.165) is 11.6 Å². The molecule has 3 N–H and O–H groups in total. The van der Waals surface area contributed by atoms with Gasteiger partial charge in [-0.05, 0) is 23.3 Å². The highest BCUT2D eigenvalue weighted by molar-refractivity contribution is 5.83. The number of aliphatic hydroxyl groups excluding tert-OH is 1. The van der Waals surface area contributed by atoms with Crippen LogP contribution in [-0.4, -0.2) is 11.0 Å². The van der Waals surface area contributed by atoms with Gasteiger partial charge in [0.05, 0.1) is 0 Å². The molecule has 2 aromatic carbocycles. The van der Waals surface area contributed by atoms with Gasteiger partial charge in [0.25, 0.3) is 5.91 Å². The molecule has 1 amide bonds. The molecule has 0 fully saturated rings. The molecule has 1 atom stereocenters. The Morgan fingerprint density at radius 3 is 2.44 bits per heavy atom. The van der Waals surface area contributed by atoms with Crippen LogP contribution in [0.15, 0.2) is 48.5 Å². The topological polar surface area (TPSA) is 63.3 Å². The lowest BCUT2D eigenvalue weighted by atomic mass is 9.96. The van der Waals surface area contributed by atoms with E-state index in [0.29, 0.717) is 5.56 Å². The second kappa shape index (κ2) is 4.98. The molecular formula is C14H12FNO2. The highest BCUT2D eigenvalue weighted by Gasteiger charge is 2.19. The van der Waals surface area contributed by atoms with Crippen LogP contribution in [0.3, 0.4) is 0 Å². The summed E-state index contributed by atoms with van der Waals surface area (Å²) < 4.78 is 13.2. The first-order chi connectivity index (χ1) is 8.59. The minimum absolute atomic E-state index is 0.175. The van der Waals surface area contributed by atoms with Gasteiger partial charge >= 0.3 is 0 Å². The Morgan fingerprint density at radius 2 is 1.83 bits per heavy atom. The maximum absolute atomic E-state index is 13.2. The maximum atomic E-state index is 13.2. The molecule has 0 radical (unpaired) electrons. The van der Waals surface area contributed by atoms with Crippen molar-refractivity contribution in [1.82, 2.24) is 0 Å². The zero-order chi connectivity index (χ0) is 13.1. The average Bonchev–Trinajstić information content (AvgIpc) is 2.38. The number of hydrogen-bond donors (Lipinski definition) is 2. The van der Waals surface area contributed by atoms with Crippen molar-refractivity contribution >= 4 is 5.91 Å². The molecule has 0 aliphatic carbocycles. The summed E-state index contributed by atoms with van der Waals surface area (Å²) in [5.41, 5.74) is 6.60. The van der Waals surface area contributed by atoms with Crippen molar-refractivity contribution < 1.29 is 14.3 Å². The largest absolute Gasteiger partial charge is 0.378 e. The molecule has 0 bridgehead atoms. The van der Waals surface area contributed by atoms with Gasteiger partial charge < -0.3 is 10.8 Å². The lowest BCUT2D eigenvalue weighted by Gasteiger charge is -2.13. The summed E-state index contributed by atoms with van der Waals surface area (Å²) in [7, 11) is 0. The number of halogens is 1. The standard InChI is InChI=1S/C14H12FNO2/c15-10-6-7-11(9-4-2-1-3-5-9)12(8-10)13(17)14(16)18/h1-8,13,17H,(H2,16,18). The maximum Gasteiger partial charge on any atom is 0.250 e. The van der Waals surface area contributed by atoms with Gasteiger partial charge in [0, 0.05) is 5.56 Å². The van der Waals surface area contributed by atoms with E-state index in [-0.39, 0.29) is 5.56 Å². The van der Waals surface area contributed by atoms with Crippen LogP contribution < -0.4 is 5.73 Å². The van der Waals surface area contributed by atoms with E-state index in [2.05, 4.69) is 0 Å². The Hall–Kier alpha value is -2.20. The predicted octanol–water partition coefficient (Wildman–Crippen LogP) is 2.01. The molecule has 0 aliphatic rings. The van der Waals surface area contributed by atoms with Gasteiger partial charge in [-0.1, -0.05) is 36.4 Å². The molecule has 0 aromatic heterocycles. The lowest BCUT2D eigenvalue weighted by Crippen LogP contribution is -2.21. The summed E-state index contributed by atoms with van der Waals surface area (Å²) in [5, 5.41) is 9.72. The molecule has 3 nitrogen and oxygen atoms in total. The SMILES string of the molecule is NC(=O)C(O)c1cc(F)ccc1-c1ccccc1. The summed E-state index contributed by atoms with van der Waals surface area (Å²) in [4.78, 5) is 11.0. The van der Waals surface area contributed by atoms with Crippen molar-refractivity contribution in [2.45, 2.75) is 6.10 Å². The minimum Gasteiger partial charge on any atom is -0.378 e. The summed E-state index contributed by atoms with van der Waals surface area (Å²) >= 11 is 0. The first kappa shape index (κ1) is 12.3. The van der Waals surface area contributed by atoms with Gasteiger partial charge in [0.1, 0.15) is 5.82 Å². The quantitative estimate of drug-likeness (QED) is 0.868. The van der Waals surface area contributed by atoms with Crippen molar-refractivity contribution in [2.24, 2.45) is 5.73 Å². The number of nitrogens with two attached hydrogens (primary N) is 1. The third kappa shape index (κ3) is 2.38. The molecule has 4 heteroatoms. The Bertz CT molecular complexity index is 569. The molecule has 0 aliphatic heterocycles. The molecule has 92 valence electrons. The Kier molecular flexibility index (Phi) is 3.39. The van der Waals surface area contributed by atoms with Crippen molar-refractivity contribution in [3.05, 3.63) is 59.9 Å². The van der Waals surface area contributed by atoms with Crippen LogP contribution in [0.25, 0.3) is 11.1 Å². The Morgan fingerprint density at radius 1 is 1.17 bits per heavy atom. The van der Waals surface area contributed by atoms with E-state index in [4.69, 9.17) is 5.73 Å². The minimum atomic E-state index is -1.52. The summed E-state index contributed by atoms with van der Waals surface area (Å²) in [6, 6.07) is 13.0. The highest BCUT2D eigenvalue weighted by atomic mass is 19.1. The Labute approximate surface area is 104 Å². The number of rotatable bonds is 3. The van der Waals surface area contributed by atoms with E-state index in [1.165, 1.54) is 12.1 Å². The van der Waals surface area contributed by atoms with E-state index < -0.39 is 17.8 Å². The van der Waals surface area contributed by atoms with E-state index >= 15 is 0 Å². The number of aliphatic hydroxyl groups is 1. The third-order valence-electron chi connectivity index (χ3n) is 2.66. The molecule has 18 heavy (non-hydrogen) atoms. The molecule has 0 saturated carbocycles. The van der Waals surface area contributed by atoms with Crippen molar-refractivity contribution in [3.8, 4) is 11.1 Å². The number of carbonyl (C=O) groups is 1. The molecule has 1 unspecified atom stereocenters. The van der Waals surface area contributed by atoms with Crippen molar-refractivity contribution in [1.29, 1.82) is 0 Å². The number of hydrogen-bond acceptors (Lipinski definition) is 2. The van der Waals surface area contributed by atoms with Crippen molar-refractivity contribution in [2.75, 3.05) is 0 Å². The zero-order valence-corrected chi connectivity index (χ0v) is 9.51. The van der Waals surface area contributed by atoms with Gasteiger partial charge in [-0.2, -0.15) is 0 Å². The van der Waals surface area contributed by atoms with Gasteiger partial charge in [-0.25, -0.2) is 4.39 Å². The predicted molar refractivity (Wildman–Crippen MR) is 66.0 cm³/mol. The van der Waals surface area contributed by atoms with E-state index in [1.807, 2.05) is 30.3 Å². The number of carbonyl (C=O) groups excluding carboxylic acids is 1. The van der Waals surface area contributed by atoms with Gasteiger partial charge in [-0.15, -0.1) is 0 Å². The fourth-order valence-electron chi connectivity index (χ4n) is 1.79. The molecule has 0 spiro atoms. The lowest BCUT2D eigenvalue weighted by molar-refractivity contribution is -0.126. The fourth-order valence-corrected chi connectivity index (χ4v) is 1.79. The summed E-state index contributed by atoms with van der Waals surface area (Å²) in [5.74, 6) is -1.43. The van der Waals surface area contributed by atoms with Crippen molar-refractivity contribution in [3.63, 3.8) is 0 Å². The van der Waals surface area contributed by atoms with Crippen LogP contribution in [0.4, 0.5) is 4.39 Å². The number of amides is 1. The third-order valence-corrected chi connectivity index (χ3v) is 2.66. The van der Waals surface area contributed by atoms with Crippen LogP contribution in [0.1, 0.15) is 11.7 Å². The normalized spacial score (nSPS) is 12.1. The molecule has 2 rings (SSSR count). The van der Waals surface area contributed by atoms with Crippen LogP contribution in [0.5, 0.6) is 0 Å². The summed E-state index contributed by atoms with van der Waals surface area (Å²) in [6.45, 7) is 0. The smallest absolute Gasteiger partial charge is 0.250 e. The summed E-state index contributed by atoms with van der Waals surface area (Å²) in [6.07, 6.45) is -1.52. The average molecular weight is 245 g/mol. The fraction of sp³-hybridized carbons (Fsp3) is 0.0714. The first-order valence-electron chi connectivity index (χ1n) is 5.42.